The molecule has 0 aromatic rings. The Bertz CT molecular complexity index is 294. The number of hydrogen-bond acceptors (Lipinski definition) is 4. The highest BCUT2D eigenvalue weighted by Gasteiger charge is 2.25. The molecule has 170 valence electrons. The summed E-state index contributed by atoms with van der Waals surface area (Å²) in [5.74, 6) is 0. The van der Waals surface area contributed by atoms with Gasteiger partial charge in [-0.05, 0) is 11.2 Å². The lowest BCUT2D eigenvalue weighted by Gasteiger charge is -2.28. The van der Waals surface area contributed by atoms with Crippen LogP contribution in [0, 0.1) is 0 Å². The third-order valence-electron chi connectivity index (χ3n) is 5.33. The van der Waals surface area contributed by atoms with Crippen LogP contribution in [-0.4, -0.2) is 55.0 Å². The number of unbranched alkanes of at least 4 members (excludes halogenated alkanes) is 15. The molecule has 2 N–H and O–H groups in total. The average Bonchev–Trinajstić information content (AvgIpc) is 2.70. The summed E-state index contributed by atoms with van der Waals surface area (Å²) in [5, 5.41) is 17.9. The van der Waals surface area contributed by atoms with Crippen LogP contribution in [0.2, 0.25) is 0 Å². The van der Waals surface area contributed by atoms with Crippen molar-refractivity contribution in [1.82, 2.24) is 0 Å². The highest BCUT2D eigenvalue weighted by molar-refractivity contribution is 4.49. The van der Waals surface area contributed by atoms with Gasteiger partial charge in [0.1, 0.15) is 26.8 Å². The molecule has 0 amide bonds. The first-order valence-electron chi connectivity index (χ1n) is 12.0. The molecule has 5 nitrogen and oxygen atoms in total. The predicted octanol–water partition coefficient (Wildman–Crippen LogP) is 5.54. The van der Waals surface area contributed by atoms with Gasteiger partial charge in [0, 0.05) is 6.42 Å². The van der Waals surface area contributed by atoms with E-state index in [0.717, 1.165) is 13.0 Å². The molecule has 28 heavy (non-hydrogen) atoms. The van der Waals surface area contributed by atoms with Gasteiger partial charge in [0.2, 0.25) is 0 Å². The first kappa shape index (κ1) is 27.8. The van der Waals surface area contributed by atoms with Crippen molar-refractivity contribution in [2.75, 3.05) is 40.0 Å². The van der Waals surface area contributed by atoms with Crippen LogP contribution in [-0.2, 0) is 9.68 Å². The molecule has 0 radical (unpaired) electrons. The lowest BCUT2D eigenvalue weighted by atomic mass is 10.0. The standard InChI is InChI=1S/C23H50NO4/c1-3-4-5-6-7-8-9-10-11-12-13-14-15-16-17-18-19-24(2,27-22-20-25)28-23-21-26/h25-26H,3-23H2,1-2H3/q+1. The highest BCUT2D eigenvalue weighted by atomic mass is 17.0. The second-order valence-corrected chi connectivity index (χ2v) is 8.15. The van der Waals surface area contributed by atoms with Crippen LogP contribution in [0.25, 0.3) is 0 Å². The first-order chi connectivity index (χ1) is 13.7. The highest BCUT2D eigenvalue weighted by Crippen LogP contribution is 2.15. The molecule has 0 aliphatic carbocycles. The van der Waals surface area contributed by atoms with Crippen molar-refractivity contribution < 1.29 is 24.7 Å². The summed E-state index contributed by atoms with van der Waals surface area (Å²) < 4.78 is 0. The zero-order valence-electron chi connectivity index (χ0n) is 19.0. The first-order valence-corrected chi connectivity index (χ1v) is 12.0. The van der Waals surface area contributed by atoms with Crippen molar-refractivity contribution in [3.8, 4) is 0 Å². The largest absolute Gasteiger partial charge is 0.394 e. The third kappa shape index (κ3) is 19.1. The Labute approximate surface area is 174 Å². The molecule has 0 aliphatic heterocycles. The zero-order valence-corrected chi connectivity index (χ0v) is 19.0. The summed E-state index contributed by atoms with van der Waals surface area (Å²) in [5.41, 5.74) is 0. The van der Waals surface area contributed by atoms with Gasteiger partial charge in [-0.2, -0.15) is 9.68 Å². The number of hydrogen-bond donors (Lipinski definition) is 2. The van der Waals surface area contributed by atoms with Gasteiger partial charge >= 0.3 is 0 Å². The Kier molecular flexibility index (Phi) is 21.4. The molecule has 0 spiro atoms. The van der Waals surface area contributed by atoms with Gasteiger partial charge in [-0.3, -0.25) is 0 Å². The van der Waals surface area contributed by atoms with Gasteiger partial charge in [-0.1, -0.05) is 96.8 Å². The van der Waals surface area contributed by atoms with Crippen molar-refractivity contribution in [2.24, 2.45) is 0 Å². The fourth-order valence-corrected chi connectivity index (χ4v) is 3.58. The fraction of sp³-hybridized carbons (Fsp3) is 1.00. The molecule has 0 aliphatic rings. The van der Waals surface area contributed by atoms with Crippen LogP contribution in [0.3, 0.4) is 0 Å². The summed E-state index contributed by atoms with van der Waals surface area (Å²) in [6.07, 6.45) is 21.7. The molecule has 0 heterocycles. The molecule has 0 fully saturated rings. The monoisotopic (exact) mass is 404 g/mol. The van der Waals surface area contributed by atoms with Crippen LogP contribution >= 0.6 is 0 Å². The van der Waals surface area contributed by atoms with Gasteiger partial charge in [0.05, 0.1) is 13.2 Å². The van der Waals surface area contributed by atoms with E-state index < -0.39 is 0 Å². The molecule has 0 saturated heterocycles. The normalized spacial score (nSPS) is 12.0. The minimum absolute atomic E-state index is 0.0136. The van der Waals surface area contributed by atoms with Crippen LogP contribution in [0.15, 0.2) is 0 Å². The van der Waals surface area contributed by atoms with Crippen molar-refractivity contribution in [3.05, 3.63) is 0 Å². The Balaban J connectivity index is 3.39. The average molecular weight is 405 g/mol. The Hall–Kier alpha value is -0.200. The molecule has 0 aromatic carbocycles. The summed E-state index contributed by atoms with van der Waals surface area (Å²) in [6, 6.07) is 0. The minimum Gasteiger partial charge on any atom is -0.394 e. The molecule has 0 bridgehead atoms. The molecule has 0 aromatic heterocycles. The van der Waals surface area contributed by atoms with Crippen molar-refractivity contribution >= 4 is 0 Å². The van der Waals surface area contributed by atoms with E-state index in [4.69, 9.17) is 19.9 Å². The number of hydroxylamine groups is 4. The summed E-state index contributed by atoms with van der Waals surface area (Å²) in [7, 11) is 1.84. The number of rotatable bonds is 23. The van der Waals surface area contributed by atoms with Crippen molar-refractivity contribution in [1.29, 1.82) is 0 Å². The minimum atomic E-state index is -0.0186. The maximum atomic E-state index is 8.93. The Morgan fingerprint density at radius 3 is 1.18 bits per heavy atom. The molecular weight excluding hydrogens is 354 g/mol. The maximum Gasteiger partial charge on any atom is 0.142 e. The molecule has 0 unspecified atom stereocenters. The molecular formula is C23H50NO4+. The van der Waals surface area contributed by atoms with Crippen LogP contribution in [0.1, 0.15) is 110 Å². The Morgan fingerprint density at radius 2 is 0.857 bits per heavy atom. The SMILES string of the molecule is CCCCCCCCCCCCCCCCCC[N+](C)(OCCO)OCCO. The molecule has 0 saturated carbocycles. The maximum absolute atomic E-state index is 8.93. The van der Waals surface area contributed by atoms with E-state index in [2.05, 4.69) is 6.92 Å². The summed E-state index contributed by atoms with van der Waals surface area (Å²) in [6.45, 7) is 3.49. The third-order valence-corrected chi connectivity index (χ3v) is 5.33. The second kappa shape index (κ2) is 21.5. The molecule has 0 atom stereocenters. The van der Waals surface area contributed by atoms with Gasteiger partial charge in [0.15, 0.2) is 0 Å². The van der Waals surface area contributed by atoms with E-state index in [1.807, 2.05) is 7.05 Å². The predicted molar refractivity (Wildman–Crippen MR) is 117 cm³/mol. The van der Waals surface area contributed by atoms with Crippen molar-refractivity contribution in [3.63, 3.8) is 0 Å². The topological polar surface area (TPSA) is 58.9 Å². The summed E-state index contributed by atoms with van der Waals surface area (Å²) in [4.78, 5) is 11.1. The van der Waals surface area contributed by atoms with E-state index in [1.165, 1.54) is 96.3 Å². The Morgan fingerprint density at radius 1 is 0.536 bits per heavy atom. The second-order valence-electron chi connectivity index (χ2n) is 8.15. The summed E-state index contributed by atoms with van der Waals surface area (Å²) >= 11 is 0. The van der Waals surface area contributed by atoms with Crippen LogP contribution < -0.4 is 0 Å². The molecule has 5 heteroatoms. The lowest BCUT2D eigenvalue weighted by molar-refractivity contribution is -1.23. The quantitative estimate of drug-likeness (QED) is 0.133. The number of quaternary nitrogens is 1. The van der Waals surface area contributed by atoms with Crippen molar-refractivity contribution in [2.45, 2.75) is 110 Å². The van der Waals surface area contributed by atoms with E-state index in [0.29, 0.717) is 0 Å². The fourth-order valence-electron chi connectivity index (χ4n) is 3.58. The molecule has 0 rings (SSSR count). The number of aliphatic hydroxyl groups excluding tert-OH is 2. The zero-order chi connectivity index (χ0) is 20.8. The van der Waals surface area contributed by atoms with E-state index in [-0.39, 0.29) is 31.2 Å². The van der Waals surface area contributed by atoms with Gasteiger partial charge in [-0.15, -0.1) is 0 Å². The van der Waals surface area contributed by atoms with E-state index in [1.54, 1.807) is 0 Å². The van der Waals surface area contributed by atoms with Crippen LogP contribution in [0.5, 0.6) is 0 Å². The van der Waals surface area contributed by atoms with Gasteiger partial charge in [-0.25, -0.2) is 0 Å². The number of aliphatic hydroxyl groups is 2. The van der Waals surface area contributed by atoms with Gasteiger partial charge in [0.25, 0.3) is 0 Å². The van der Waals surface area contributed by atoms with Crippen LogP contribution in [0.4, 0.5) is 0 Å². The van der Waals surface area contributed by atoms with E-state index in [9.17, 15) is 0 Å². The van der Waals surface area contributed by atoms with Gasteiger partial charge < -0.3 is 10.2 Å². The lowest BCUT2D eigenvalue weighted by Crippen LogP contribution is -2.46. The number of nitrogens with zero attached hydrogens (tertiary/aromatic N) is 1. The smallest absolute Gasteiger partial charge is 0.142 e. The van der Waals surface area contributed by atoms with E-state index >= 15 is 0 Å².